The molecule has 0 spiro atoms. The lowest BCUT2D eigenvalue weighted by Gasteiger charge is -2.15. The zero-order valence-electron chi connectivity index (χ0n) is 9.19. The van der Waals surface area contributed by atoms with E-state index >= 15 is 0 Å². The van der Waals surface area contributed by atoms with E-state index in [4.69, 9.17) is 4.74 Å². The van der Waals surface area contributed by atoms with Crippen LogP contribution < -0.4 is 4.74 Å². The first-order valence-corrected chi connectivity index (χ1v) is 6.55. The molecule has 1 aliphatic heterocycles. The number of ether oxygens (including phenoxy) is 1. The van der Waals surface area contributed by atoms with Crippen LogP contribution in [0.2, 0.25) is 0 Å². The summed E-state index contributed by atoms with van der Waals surface area (Å²) in [5.74, 6) is 0. The molecular weight excluding hydrogens is 208 g/mol. The van der Waals surface area contributed by atoms with Crippen molar-refractivity contribution in [3.63, 3.8) is 0 Å². The molecule has 0 aliphatic carbocycles. The van der Waals surface area contributed by atoms with E-state index in [-0.39, 0.29) is 0 Å². The smallest absolute Gasteiger partial charge is 0.273 e. The summed E-state index contributed by atoms with van der Waals surface area (Å²) in [6.07, 6.45) is 5.86. The van der Waals surface area contributed by atoms with Crippen LogP contribution >= 0.6 is 11.3 Å². The van der Waals surface area contributed by atoms with Gasteiger partial charge in [0.25, 0.3) is 5.19 Å². The molecule has 1 fully saturated rings. The van der Waals surface area contributed by atoms with E-state index in [1.807, 2.05) is 5.38 Å². The molecule has 1 unspecified atom stereocenters. The van der Waals surface area contributed by atoms with Gasteiger partial charge in [0.15, 0.2) is 0 Å². The van der Waals surface area contributed by atoms with Gasteiger partial charge in [-0.2, -0.15) is 0 Å². The van der Waals surface area contributed by atoms with E-state index < -0.39 is 0 Å². The van der Waals surface area contributed by atoms with Gasteiger partial charge in [0, 0.05) is 24.7 Å². The van der Waals surface area contributed by atoms with E-state index in [1.165, 1.54) is 25.9 Å². The van der Waals surface area contributed by atoms with Crippen LogP contribution in [0.1, 0.15) is 26.2 Å². The van der Waals surface area contributed by atoms with E-state index in [2.05, 4.69) is 16.8 Å². The fraction of sp³-hybridized carbons (Fsp3) is 0.727. The Balaban J connectivity index is 1.73. The number of nitrogens with zero attached hydrogens (tertiary/aromatic N) is 2. The number of hydrogen-bond donors (Lipinski definition) is 0. The van der Waals surface area contributed by atoms with Crippen molar-refractivity contribution in [3.05, 3.63) is 11.6 Å². The minimum absolute atomic E-state index is 0.355. The third-order valence-corrected chi connectivity index (χ3v) is 3.40. The molecule has 0 N–H and O–H groups in total. The maximum Gasteiger partial charge on any atom is 0.273 e. The minimum atomic E-state index is 0.355. The van der Waals surface area contributed by atoms with Crippen LogP contribution in [0.4, 0.5) is 0 Å². The van der Waals surface area contributed by atoms with E-state index in [1.54, 1.807) is 17.5 Å². The molecule has 1 aromatic rings. The molecule has 0 bridgehead atoms. The molecule has 2 rings (SSSR count). The first kappa shape index (κ1) is 10.9. The third-order valence-electron chi connectivity index (χ3n) is 2.73. The van der Waals surface area contributed by atoms with Crippen LogP contribution in [0.3, 0.4) is 0 Å². The van der Waals surface area contributed by atoms with Crippen LogP contribution in [-0.4, -0.2) is 35.6 Å². The van der Waals surface area contributed by atoms with Gasteiger partial charge in [-0.25, -0.2) is 4.98 Å². The highest BCUT2D eigenvalue weighted by Crippen LogP contribution is 2.20. The molecule has 4 heteroatoms. The fourth-order valence-electron chi connectivity index (χ4n) is 1.89. The zero-order valence-corrected chi connectivity index (χ0v) is 10.0. The topological polar surface area (TPSA) is 25.4 Å². The average molecular weight is 226 g/mol. The maximum atomic E-state index is 5.79. The highest BCUT2D eigenvalue weighted by Gasteiger charge is 2.23. The number of thiazole rings is 1. The monoisotopic (exact) mass is 226 g/mol. The van der Waals surface area contributed by atoms with Crippen molar-refractivity contribution in [1.82, 2.24) is 9.88 Å². The minimum Gasteiger partial charge on any atom is -0.465 e. The van der Waals surface area contributed by atoms with Gasteiger partial charge >= 0.3 is 0 Å². The molecule has 0 amide bonds. The van der Waals surface area contributed by atoms with Gasteiger partial charge in [-0.1, -0.05) is 24.7 Å². The van der Waals surface area contributed by atoms with Crippen molar-refractivity contribution < 1.29 is 4.74 Å². The van der Waals surface area contributed by atoms with Gasteiger partial charge in [0.2, 0.25) is 0 Å². The normalized spacial score (nSPS) is 22.1. The lowest BCUT2D eigenvalue weighted by Crippen LogP contribution is -2.25. The van der Waals surface area contributed by atoms with Crippen LogP contribution in [0.25, 0.3) is 0 Å². The quantitative estimate of drug-likeness (QED) is 0.771. The maximum absolute atomic E-state index is 5.79. The Kier molecular flexibility index (Phi) is 3.97. The molecule has 0 radical (unpaired) electrons. The molecule has 1 saturated heterocycles. The van der Waals surface area contributed by atoms with Crippen LogP contribution in [0.15, 0.2) is 11.6 Å². The summed E-state index contributed by atoms with van der Waals surface area (Å²) in [4.78, 5) is 6.63. The van der Waals surface area contributed by atoms with Crippen molar-refractivity contribution >= 4 is 11.3 Å². The number of unbranched alkanes of at least 4 members (excludes halogenated alkanes) is 1. The highest BCUT2D eigenvalue weighted by atomic mass is 32.1. The van der Waals surface area contributed by atoms with Crippen molar-refractivity contribution in [2.75, 3.05) is 19.6 Å². The second-order valence-corrected chi connectivity index (χ2v) is 4.84. The first-order chi connectivity index (χ1) is 7.38. The molecule has 1 aromatic heterocycles. The highest BCUT2D eigenvalue weighted by molar-refractivity contribution is 7.11. The molecule has 15 heavy (non-hydrogen) atoms. The average Bonchev–Trinajstić information content (AvgIpc) is 2.87. The summed E-state index contributed by atoms with van der Waals surface area (Å²) in [5, 5.41) is 2.77. The van der Waals surface area contributed by atoms with E-state index in [9.17, 15) is 0 Å². The first-order valence-electron chi connectivity index (χ1n) is 5.67. The van der Waals surface area contributed by atoms with Gasteiger partial charge in [-0.15, -0.1) is 0 Å². The Morgan fingerprint density at radius 2 is 2.60 bits per heavy atom. The molecule has 2 heterocycles. The molecule has 3 nitrogen and oxygen atoms in total. The third kappa shape index (κ3) is 3.18. The predicted octanol–water partition coefficient (Wildman–Crippen LogP) is 2.40. The van der Waals surface area contributed by atoms with Gasteiger partial charge < -0.3 is 4.74 Å². The summed E-state index contributed by atoms with van der Waals surface area (Å²) < 4.78 is 5.79. The molecule has 1 aliphatic rings. The Hall–Kier alpha value is -0.610. The Bertz CT molecular complexity index is 276. The Labute approximate surface area is 95.1 Å². The molecule has 1 atom stereocenters. The SMILES string of the molecule is CCCCN1CCC(Oc2nccs2)C1. The lowest BCUT2D eigenvalue weighted by molar-refractivity contribution is 0.199. The summed E-state index contributed by atoms with van der Waals surface area (Å²) in [5.41, 5.74) is 0. The second kappa shape index (κ2) is 5.47. The molecule has 84 valence electrons. The van der Waals surface area contributed by atoms with Gasteiger partial charge in [-0.3, -0.25) is 4.90 Å². The fourth-order valence-corrected chi connectivity index (χ4v) is 2.44. The van der Waals surface area contributed by atoms with Gasteiger partial charge in [0.05, 0.1) is 0 Å². The lowest BCUT2D eigenvalue weighted by atomic mass is 10.3. The summed E-state index contributed by atoms with van der Waals surface area (Å²) in [7, 11) is 0. The zero-order chi connectivity index (χ0) is 10.5. The van der Waals surface area contributed by atoms with Crippen LogP contribution in [-0.2, 0) is 0 Å². The van der Waals surface area contributed by atoms with Crippen molar-refractivity contribution in [1.29, 1.82) is 0 Å². The van der Waals surface area contributed by atoms with Crippen molar-refractivity contribution in [3.8, 4) is 5.19 Å². The number of rotatable bonds is 5. The molecular formula is C11H18N2OS. The molecule has 0 saturated carbocycles. The number of likely N-dealkylation sites (tertiary alicyclic amines) is 1. The number of hydrogen-bond acceptors (Lipinski definition) is 4. The predicted molar refractivity (Wildman–Crippen MR) is 62.5 cm³/mol. The molecule has 0 aromatic carbocycles. The second-order valence-electron chi connectivity index (χ2n) is 3.98. The largest absolute Gasteiger partial charge is 0.465 e. The van der Waals surface area contributed by atoms with E-state index in [0.29, 0.717) is 6.10 Å². The van der Waals surface area contributed by atoms with E-state index in [0.717, 1.165) is 18.2 Å². The standard InChI is InChI=1S/C11H18N2OS/c1-2-3-6-13-7-4-10(9-13)14-11-12-5-8-15-11/h5,8,10H,2-4,6-7,9H2,1H3. The van der Waals surface area contributed by atoms with Gasteiger partial charge in [-0.05, 0) is 19.4 Å². The van der Waals surface area contributed by atoms with Crippen LogP contribution in [0, 0.1) is 0 Å². The van der Waals surface area contributed by atoms with Gasteiger partial charge in [0.1, 0.15) is 6.10 Å². The van der Waals surface area contributed by atoms with Crippen molar-refractivity contribution in [2.45, 2.75) is 32.3 Å². The number of aromatic nitrogens is 1. The van der Waals surface area contributed by atoms with Crippen molar-refractivity contribution in [2.24, 2.45) is 0 Å². The Morgan fingerprint density at radius 1 is 1.67 bits per heavy atom. The summed E-state index contributed by atoms with van der Waals surface area (Å²) in [6, 6.07) is 0. The summed E-state index contributed by atoms with van der Waals surface area (Å²) in [6.45, 7) is 5.70. The Morgan fingerprint density at radius 3 is 3.33 bits per heavy atom. The van der Waals surface area contributed by atoms with Crippen LogP contribution in [0.5, 0.6) is 5.19 Å². The summed E-state index contributed by atoms with van der Waals surface area (Å²) >= 11 is 1.58.